The van der Waals surface area contributed by atoms with Crippen molar-refractivity contribution in [3.63, 3.8) is 0 Å². The van der Waals surface area contributed by atoms with Gasteiger partial charge >= 0.3 is 0 Å². The van der Waals surface area contributed by atoms with Gasteiger partial charge in [-0.15, -0.1) is 0 Å². The monoisotopic (exact) mass is 312 g/mol. The van der Waals surface area contributed by atoms with E-state index in [0.29, 0.717) is 6.54 Å². The minimum atomic E-state index is -0.340. The van der Waals surface area contributed by atoms with E-state index in [2.05, 4.69) is 17.3 Å². The van der Waals surface area contributed by atoms with Crippen LogP contribution in [0.15, 0.2) is 18.2 Å². The molecule has 1 fully saturated rings. The quantitative estimate of drug-likeness (QED) is 0.758. The topological polar surface area (TPSA) is 15.3 Å². The average Bonchev–Trinajstić information content (AvgIpc) is 2.51. The Morgan fingerprint density at radius 2 is 2.05 bits per heavy atom. The molecule has 1 aliphatic rings. The number of halogens is 2. The van der Waals surface area contributed by atoms with Gasteiger partial charge in [0.2, 0.25) is 0 Å². The maximum Gasteiger partial charge on any atom is 0.142 e. The molecule has 0 saturated heterocycles. The van der Waals surface area contributed by atoms with Crippen LogP contribution in [-0.2, 0) is 6.54 Å². The predicted molar refractivity (Wildman–Crippen MR) is 87.2 cm³/mol. The molecule has 118 valence electrons. The zero-order valence-corrected chi connectivity index (χ0v) is 13.6. The van der Waals surface area contributed by atoms with Crippen LogP contribution in [0.1, 0.15) is 44.1 Å². The normalized spacial score (nSPS) is 16.6. The molecule has 1 aromatic rings. The standard InChI is InChI=1S/C17H26ClFN2/c1-21(15-6-3-2-4-7-15)11-5-10-20-13-14-8-9-16(18)17(19)12-14/h8-9,12,15,20H,2-7,10-11,13H2,1H3. The lowest BCUT2D eigenvalue weighted by atomic mass is 9.94. The van der Waals surface area contributed by atoms with Crippen molar-refractivity contribution in [1.82, 2.24) is 10.2 Å². The average molecular weight is 313 g/mol. The molecule has 1 saturated carbocycles. The van der Waals surface area contributed by atoms with Crippen molar-refractivity contribution in [3.05, 3.63) is 34.6 Å². The van der Waals surface area contributed by atoms with E-state index in [9.17, 15) is 4.39 Å². The largest absolute Gasteiger partial charge is 0.313 e. The van der Waals surface area contributed by atoms with Gasteiger partial charge < -0.3 is 10.2 Å². The van der Waals surface area contributed by atoms with Crippen LogP contribution in [0.2, 0.25) is 5.02 Å². The van der Waals surface area contributed by atoms with Gasteiger partial charge in [0, 0.05) is 12.6 Å². The minimum absolute atomic E-state index is 0.188. The summed E-state index contributed by atoms with van der Waals surface area (Å²) in [5.41, 5.74) is 0.942. The van der Waals surface area contributed by atoms with E-state index in [1.165, 1.54) is 38.2 Å². The van der Waals surface area contributed by atoms with Crippen molar-refractivity contribution in [2.75, 3.05) is 20.1 Å². The third kappa shape index (κ3) is 5.57. The highest BCUT2D eigenvalue weighted by Crippen LogP contribution is 2.21. The zero-order valence-electron chi connectivity index (χ0n) is 12.9. The van der Waals surface area contributed by atoms with Crippen LogP contribution in [0.25, 0.3) is 0 Å². The summed E-state index contributed by atoms with van der Waals surface area (Å²) in [4.78, 5) is 2.50. The SMILES string of the molecule is CN(CCCNCc1ccc(Cl)c(F)c1)C1CCCCC1. The molecule has 0 bridgehead atoms. The van der Waals surface area contributed by atoms with Gasteiger partial charge in [0.1, 0.15) is 5.82 Å². The van der Waals surface area contributed by atoms with Gasteiger partial charge in [-0.3, -0.25) is 0 Å². The summed E-state index contributed by atoms with van der Waals surface area (Å²) >= 11 is 5.67. The molecule has 0 spiro atoms. The van der Waals surface area contributed by atoms with Crippen molar-refractivity contribution in [1.29, 1.82) is 0 Å². The van der Waals surface area contributed by atoms with Crippen LogP contribution in [0.4, 0.5) is 4.39 Å². The van der Waals surface area contributed by atoms with E-state index in [4.69, 9.17) is 11.6 Å². The third-order valence-electron chi connectivity index (χ3n) is 4.38. The second kappa shape index (κ2) is 8.72. The van der Waals surface area contributed by atoms with Gasteiger partial charge in [0.15, 0.2) is 0 Å². The summed E-state index contributed by atoms with van der Waals surface area (Å²) in [5, 5.41) is 3.56. The molecule has 0 aliphatic heterocycles. The lowest BCUT2D eigenvalue weighted by Gasteiger charge is -2.31. The molecule has 1 N–H and O–H groups in total. The van der Waals surface area contributed by atoms with Gasteiger partial charge in [0.05, 0.1) is 5.02 Å². The molecule has 21 heavy (non-hydrogen) atoms. The van der Waals surface area contributed by atoms with Crippen LogP contribution in [0.5, 0.6) is 0 Å². The van der Waals surface area contributed by atoms with Crippen molar-refractivity contribution in [3.8, 4) is 0 Å². The Hall–Kier alpha value is -0.640. The maximum absolute atomic E-state index is 13.3. The van der Waals surface area contributed by atoms with Gasteiger partial charge in [-0.2, -0.15) is 0 Å². The number of benzene rings is 1. The second-order valence-corrected chi connectivity index (χ2v) is 6.46. The first-order valence-electron chi connectivity index (χ1n) is 8.01. The van der Waals surface area contributed by atoms with E-state index in [1.54, 1.807) is 6.07 Å². The highest BCUT2D eigenvalue weighted by molar-refractivity contribution is 6.30. The summed E-state index contributed by atoms with van der Waals surface area (Å²) in [5.74, 6) is -0.340. The number of hydrogen-bond donors (Lipinski definition) is 1. The Kier molecular flexibility index (Phi) is 6.94. The lowest BCUT2D eigenvalue weighted by molar-refractivity contribution is 0.189. The molecule has 4 heteroatoms. The summed E-state index contributed by atoms with van der Waals surface area (Å²) in [7, 11) is 2.24. The molecule has 0 amide bonds. The molecule has 2 nitrogen and oxygen atoms in total. The molecule has 2 rings (SSSR count). The van der Waals surface area contributed by atoms with E-state index in [0.717, 1.165) is 31.1 Å². The molecule has 1 aromatic carbocycles. The van der Waals surface area contributed by atoms with E-state index < -0.39 is 0 Å². The Morgan fingerprint density at radius 1 is 1.29 bits per heavy atom. The van der Waals surface area contributed by atoms with Gasteiger partial charge in [0.25, 0.3) is 0 Å². The van der Waals surface area contributed by atoms with Crippen molar-refractivity contribution in [2.45, 2.75) is 51.1 Å². The Morgan fingerprint density at radius 3 is 2.76 bits per heavy atom. The van der Waals surface area contributed by atoms with Gasteiger partial charge in [-0.25, -0.2) is 4.39 Å². The van der Waals surface area contributed by atoms with Crippen LogP contribution < -0.4 is 5.32 Å². The van der Waals surface area contributed by atoms with Crippen molar-refractivity contribution in [2.24, 2.45) is 0 Å². The molecule has 1 aliphatic carbocycles. The van der Waals surface area contributed by atoms with Crippen LogP contribution in [-0.4, -0.2) is 31.1 Å². The van der Waals surface area contributed by atoms with Gasteiger partial charge in [-0.1, -0.05) is 36.9 Å². The van der Waals surface area contributed by atoms with Crippen LogP contribution in [0.3, 0.4) is 0 Å². The van der Waals surface area contributed by atoms with E-state index >= 15 is 0 Å². The van der Waals surface area contributed by atoms with Crippen LogP contribution >= 0.6 is 11.6 Å². The molecule has 0 radical (unpaired) electrons. The highest BCUT2D eigenvalue weighted by atomic mass is 35.5. The Bertz CT molecular complexity index is 433. The molecule has 0 atom stereocenters. The number of nitrogens with zero attached hydrogens (tertiary/aromatic N) is 1. The lowest BCUT2D eigenvalue weighted by Crippen LogP contribution is -2.35. The fourth-order valence-electron chi connectivity index (χ4n) is 3.04. The summed E-state index contributed by atoms with van der Waals surface area (Å²) in [6.07, 6.45) is 8.01. The number of rotatable bonds is 7. The molecule has 0 aromatic heterocycles. The smallest absolute Gasteiger partial charge is 0.142 e. The Labute approximate surface area is 132 Å². The summed E-state index contributed by atoms with van der Waals surface area (Å²) in [6.45, 7) is 2.79. The highest BCUT2D eigenvalue weighted by Gasteiger charge is 2.17. The van der Waals surface area contributed by atoms with E-state index in [1.807, 2.05) is 6.07 Å². The first kappa shape index (κ1) is 16.7. The molecular weight excluding hydrogens is 287 g/mol. The second-order valence-electron chi connectivity index (χ2n) is 6.05. The number of hydrogen-bond acceptors (Lipinski definition) is 2. The first-order chi connectivity index (χ1) is 10.2. The first-order valence-corrected chi connectivity index (χ1v) is 8.39. The fraction of sp³-hybridized carbons (Fsp3) is 0.647. The summed E-state index contributed by atoms with van der Waals surface area (Å²) in [6, 6.07) is 5.77. The molecular formula is C17H26ClFN2. The zero-order chi connectivity index (χ0) is 15.1. The third-order valence-corrected chi connectivity index (χ3v) is 4.68. The van der Waals surface area contributed by atoms with Crippen molar-refractivity contribution >= 4 is 11.6 Å². The fourth-order valence-corrected chi connectivity index (χ4v) is 3.16. The molecule has 0 unspecified atom stereocenters. The van der Waals surface area contributed by atoms with E-state index in [-0.39, 0.29) is 10.8 Å². The van der Waals surface area contributed by atoms with Gasteiger partial charge in [-0.05, 0) is 57.1 Å². The summed E-state index contributed by atoms with van der Waals surface area (Å²) < 4.78 is 13.3. The van der Waals surface area contributed by atoms with Crippen molar-refractivity contribution < 1.29 is 4.39 Å². The minimum Gasteiger partial charge on any atom is -0.313 e. The number of nitrogens with one attached hydrogen (secondary N) is 1. The predicted octanol–water partition coefficient (Wildman–Crippen LogP) is 4.22. The van der Waals surface area contributed by atoms with Crippen LogP contribution in [0, 0.1) is 5.82 Å². The maximum atomic E-state index is 13.3. The Balaban J connectivity index is 1.60. The molecule has 0 heterocycles.